The van der Waals surface area contributed by atoms with Gasteiger partial charge in [-0.05, 0) is 35.4 Å². The van der Waals surface area contributed by atoms with Crippen molar-refractivity contribution >= 4 is 11.9 Å². The molecule has 0 atom stereocenters. The molecule has 0 aromatic heterocycles. The van der Waals surface area contributed by atoms with Gasteiger partial charge in [-0.1, -0.05) is 24.3 Å². The summed E-state index contributed by atoms with van der Waals surface area (Å²) in [7, 11) is 1.44. The van der Waals surface area contributed by atoms with E-state index in [1.165, 1.54) is 36.2 Å². The van der Waals surface area contributed by atoms with Crippen LogP contribution in [-0.4, -0.2) is 40.6 Å². The third kappa shape index (κ3) is 4.89. The number of nitrogens with zero attached hydrogens (tertiary/aromatic N) is 1. The van der Waals surface area contributed by atoms with Crippen molar-refractivity contribution in [2.24, 2.45) is 0 Å². The van der Waals surface area contributed by atoms with Gasteiger partial charge < -0.3 is 15.1 Å². The Balaban J connectivity index is 2.30. The van der Waals surface area contributed by atoms with E-state index in [4.69, 9.17) is 5.11 Å². The second-order valence-corrected chi connectivity index (χ2v) is 5.71. The summed E-state index contributed by atoms with van der Waals surface area (Å²) in [6, 6.07) is 11.4. The van der Waals surface area contributed by atoms with Gasteiger partial charge in [0.2, 0.25) is 11.7 Å². The van der Waals surface area contributed by atoms with Crippen LogP contribution in [0.1, 0.15) is 17.0 Å². The van der Waals surface area contributed by atoms with Gasteiger partial charge >= 0.3 is 5.97 Å². The minimum absolute atomic E-state index is 0.111. The molecule has 0 fully saturated rings. The lowest BCUT2D eigenvalue weighted by Crippen LogP contribution is -2.30. The molecular formula is C19H17F2NO4. The summed E-state index contributed by atoms with van der Waals surface area (Å²) in [5.41, 5.74) is 1.40. The Labute approximate surface area is 148 Å². The lowest BCUT2D eigenvalue weighted by atomic mass is 9.90. The molecule has 2 N–H and O–H groups in total. The lowest BCUT2D eigenvalue weighted by Gasteiger charge is -2.24. The molecule has 136 valence electrons. The molecule has 0 saturated heterocycles. The quantitative estimate of drug-likeness (QED) is 0.612. The fourth-order valence-electron chi connectivity index (χ4n) is 2.45. The highest BCUT2D eigenvalue weighted by Crippen LogP contribution is 2.26. The average Bonchev–Trinajstić information content (AvgIpc) is 2.61. The summed E-state index contributed by atoms with van der Waals surface area (Å²) >= 11 is 0. The van der Waals surface area contributed by atoms with Gasteiger partial charge in [0.1, 0.15) is 11.6 Å². The highest BCUT2D eigenvalue weighted by atomic mass is 19.1. The zero-order valence-corrected chi connectivity index (χ0v) is 13.9. The summed E-state index contributed by atoms with van der Waals surface area (Å²) in [6.07, 6.45) is 0.606. The van der Waals surface area contributed by atoms with Crippen LogP contribution in [0.25, 0.3) is 0 Å². The molecule has 0 heterocycles. The SMILES string of the molecule is CN(CC(c1ccc(F)cc1)c1ccc(F)cc1)C(=O)/C=C(\O)C(=O)O. The maximum absolute atomic E-state index is 13.2. The van der Waals surface area contributed by atoms with Gasteiger partial charge in [0.05, 0.1) is 6.08 Å². The van der Waals surface area contributed by atoms with Crippen LogP contribution in [0, 0.1) is 11.6 Å². The second-order valence-electron chi connectivity index (χ2n) is 5.71. The zero-order chi connectivity index (χ0) is 19.3. The first kappa shape index (κ1) is 19.1. The number of aliphatic hydroxyl groups is 1. The number of amides is 1. The predicted molar refractivity (Wildman–Crippen MR) is 90.6 cm³/mol. The van der Waals surface area contributed by atoms with E-state index in [1.807, 2.05) is 0 Å². The standard InChI is InChI=1S/C19H17F2NO4/c1-22(18(24)10-17(23)19(25)26)11-16(12-2-6-14(20)7-3-12)13-4-8-15(21)9-5-13/h2-10,16,23H,11H2,1H3,(H,25,26)/b17-10-. The molecule has 1 amide bonds. The van der Waals surface area contributed by atoms with Crippen molar-refractivity contribution in [1.82, 2.24) is 4.90 Å². The summed E-state index contributed by atoms with van der Waals surface area (Å²) in [6.45, 7) is 0.111. The van der Waals surface area contributed by atoms with Crippen LogP contribution in [0.2, 0.25) is 0 Å². The van der Waals surface area contributed by atoms with Crippen LogP contribution >= 0.6 is 0 Å². The van der Waals surface area contributed by atoms with Crippen molar-refractivity contribution in [3.63, 3.8) is 0 Å². The van der Waals surface area contributed by atoms with E-state index in [1.54, 1.807) is 24.3 Å². The number of rotatable bonds is 6. The van der Waals surface area contributed by atoms with Gasteiger partial charge in [-0.25, -0.2) is 13.6 Å². The summed E-state index contributed by atoms with van der Waals surface area (Å²) in [5, 5.41) is 17.8. The van der Waals surface area contributed by atoms with Crippen molar-refractivity contribution in [1.29, 1.82) is 0 Å². The number of hydrogen-bond donors (Lipinski definition) is 2. The maximum atomic E-state index is 13.2. The van der Waals surface area contributed by atoms with Gasteiger partial charge in [0.15, 0.2) is 0 Å². The van der Waals surface area contributed by atoms with Crippen molar-refractivity contribution in [3.05, 3.63) is 83.1 Å². The number of halogens is 2. The summed E-state index contributed by atoms with van der Waals surface area (Å²) < 4.78 is 26.4. The Morgan fingerprint density at radius 1 is 0.962 bits per heavy atom. The lowest BCUT2D eigenvalue weighted by molar-refractivity contribution is -0.136. The van der Waals surface area contributed by atoms with Crippen LogP contribution in [-0.2, 0) is 9.59 Å². The molecule has 0 aliphatic carbocycles. The Kier molecular flexibility index (Phi) is 6.06. The highest BCUT2D eigenvalue weighted by Gasteiger charge is 2.20. The minimum atomic E-state index is -1.61. The first-order valence-corrected chi connectivity index (χ1v) is 7.68. The predicted octanol–water partition coefficient (Wildman–Crippen LogP) is 3.08. The minimum Gasteiger partial charge on any atom is -0.502 e. The topological polar surface area (TPSA) is 77.8 Å². The van der Waals surface area contributed by atoms with Gasteiger partial charge in [0, 0.05) is 19.5 Å². The number of carboxylic acids is 1. The van der Waals surface area contributed by atoms with Crippen molar-refractivity contribution < 1.29 is 28.6 Å². The Morgan fingerprint density at radius 2 is 1.38 bits per heavy atom. The molecule has 2 rings (SSSR count). The number of aliphatic hydroxyl groups excluding tert-OH is 1. The highest BCUT2D eigenvalue weighted by molar-refractivity contribution is 5.95. The van der Waals surface area contributed by atoms with Crippen LogP contribution in [0.4, 0.5) is 8.78 Å². The molecule has 2 aromatic rings. The van der Waals surface area contributed by atoms with Crippen molar-refractivity contribution in [2.45, 2.75) is 5.92 Å². The van der Waals surface area contributed by atoms with Gasteiger partial charge in [-0.2, -0.15) is 0 Å². The second kappa shape index (κ2) is 8.24. The molecule has 0 saturated carbocycles. The van der Waals surface area contributed by atoms with Crippen LogP contribution < -0.4 is 0 Å². The van der Waals surface area contributed by atoms with Crippen LogP contribution in [0.3, 0.4) is 0 Å². The van der Waals surface area contributed by atoms with E-state index in [-0.39, 0.29) is 6.54 Å². The molecule has 26 heavy (non-hydrogen) atoms. The summed E-state index contributed by atoms with van der Waals surface area (Å²) in [4.78, 5) is 23.9. The number of carbonyl (C=O) groups is 2. The van der Waals surface area contributed by atoms with Crippen molar-refractivity contribution in [2.75, 3.05) is 13.6 Å². The first-order chi connectivity index (χ1) is 12.3. The van der Waals surface area contributed by atoms with Gasteiger partial charge in [0.25, 0.3) is 0 Å². The first-order valence-electron chi connectivity index (χ1n) is 7.68. The molecule has 7 heteroatoms. The molecule has 5 nitrogen and oxygen atoms in total. The van der Waals surface area contributed by atoms with Gasteiger partial charge in [-0.3, -0.25) is 4.79 Å². The third-order valence-electron chi connectivity index (χ3n) is 3.86. The van der Waals surface area contributed by atoms with Gasteiger partial charge in [-0.15, -0.1) is 0 Å². The summed E-state index contributed by atoms with van der Waals surface area (Å²) in [5.74, 6) is -4.61. The average molecular weight is 361 g/mol. The van der Waals surface area contributed by atoms with Crippen LogP contribution in [0.5, 0.6) is 0 Å². The largest absolute Gasteiger partial charge is 0.502 e. The van der Waals surface area contributed by atoms with E-state index < -0.39 is 35.2 Å². The number of likely N-dealkylation sites (N-methyl/N-ethyl adjacent to an activating group) is 1. The molecule has 2 aromatic carbocycles. The number of hydrogen-bond acceptors (Lipinski definition) is 3. The molecule has 0 aliphatic heterocycles. The van der Waals surface area contributed by atoms with E-state index in [2.05, 4.69) is 0 Å². The molecule has 0 spiro atoms. The number of carboxylic acid groups (broad SMARTS) is 1. The third-order valence-corrected chi connectivity index (χ3v) is 3.86. The smallest absolute Gasteiger partial charge is 0.371 e. The Bertz CT molecular complexity index is 771. The Hall–Kier alpha value is -3.22. The van der Waals surface area contributed by atoms with E-state index >= 15 is 0 Å². The monoisotopic (exact) mass is 361 g/mol. The molecular weight excluding hydrogens is 344 g/mol. The normalized spacial score (nSPS) is 11.5. The fraction of sp³-hybridized carbons (Fsp3) is 0.158. The van der Waals surface area contributed by atoms with Crippen LogP contribution in [0.15, 0.2) is 60.4 Å². The molecule has 0 unspecified atom stereocenters. The van der Waals surface area contributed by atoms with E-state index in [9.17, 15) is 23.5 Å². The molecule has 0 radical (unpaired) electrons. The molecule has 0 bridgehead atoms. The number of carbonyl (C=O) groups excluding carboxylic acids is 1. The molecule has 0 aliphatic rings. The Morgan fingerprint density at radius 3 is 1.77 bits per heavy atom. The fourth-order valence-corrected chi connectivity index (χ4v) is 2.45. The number of aliphatic carboxylic acids is 1. The number of benzene rings is 2. The van der Waals surface area contributed by atoms with E-state index in [0.717, 1.165) is 0 Å². The zero-order valence-electron chi connectivity index (χ0n) is 13.9. The maximum Gasteiger partial charge on any atom is 0.371 e. The van der Waals surface area contributed by atoms with E-state index in [0.29, 0.717) is 17.2 Å². The van der Waals surface area contributed by atoms with Crippen molar-refractivity contribution in [3.8, 4) is 0 Å².